The van der Waals surface area contributed by atoms with Crippen molar-refractivity contribution in [3.63, 3.8) is 0 Å². The fourth-order valence-electron chi connectivity index (χ4n) is 3.48. The van der Waals surface area contributed by atoms with Crippen LogP contribution in [0.2, 0.25) is 0 Å². The van der Waals surface area contributed by atoms with Crippen molar-refractivity contribution in [2.75, 3.05) is 6.54 Å². The van der Waals surface area contributed by atoms with Crippen molar-refractivity contribution < 1.29 is 22.7 Å². The lowest BCUT2D eigenvalue weighted by Crippen LogP contribution is -2.24. The summed E-state index contributed by atoms with van der Waals surface area (Å²) in [6.45, 7) is 0.507. The van der Waals surface area contributed by atoms with Gasteiger partial charge >= 0.3 is 6.36 Å². The Hall–Kier alpha value is -4.17. The highest BCUT2D eigenvalue weighted by Gasteiger charge is 2.30. The Morgan fingerprint density at radius 2 is 1.97 bits per heavy atom. The molecule has 0 aliphatic carbocycles. The molecule has 0 spiro atoms. The average molecular weight is 540 g/mol. The lowest BCUT2D eigenvalue weighted by atomic mass is 10.1. The van der Waals surface area contributed by atoms with E-state index in [0.29, 0.717) is 29.0 Å². The molecule has 0 bridgehead atoms. The van der Waals surface area contributed by atoms with Gasteiger partial charge in [-0.3, -0.25) is 14.6 Å². The number of halogens is 3. The molecular formula is C27H24F3N5O2S. The van der Waals surface area contributed by atoms with E-state index in [1.807, 2.05) is 31.6 Å². The number of H-pyrrole nitrogens is 1. The molecule has 1 amide bonds. The molecule has 2 heterocycles. The van der Waals surface area contributed by atoms with E-state index in [9.17, 15) is 18.0 Å². The van der Waals surface area contributed by atoms with Gasteiger partial charge in [-0.05, 0) is 66.9 Å². The summed E-state index contributed by atoms with van der Waals surface area (Å²) < 4.78 is 42.9. The van der Waals surface area contributed by atoms with Crippen molar-refractivity contribution >= 4 is 17.7 Å². The predicted octanol–water partition coefficient (Wildman–Crippen LogP) is 5.10. The standard InChI is InChI=1S/C27H24F3N5O2S/c1-35-14-12-23(34-35)18-38-25-11-8-22(26(36)31-13-2-3-20-16-32-33-17-20)15-21(25)7-4-19-5-9-24(10-6-19)37-27(28,29)30/h5-6,8-12,14-17H,2-3,13,18H2,1H3,(H,31,36)(H,32,33). The maximum atomic E-state index is 12.8. The lowest BCUT2D eigenvalue weighted by molar-refractivity contribution is -0.274. The first-order chi connectivity index (χ1) is 18.2. The van der Waals surface area contributed by atoms with E-state index < -0.39 is 6.36 Å². The van der Waals surface area contributed by atoms with Crippen molar-refractivity contribution in [1.82, 2.24) is 25.3 Å². The number of thioether (sulfide) groups is 1. The Labute approximate surface area is 221 Å². The van der Waals surface area contributed by atoms with Crippen LogP contribution >= 0.6 is 11.8 Å². The molecule has 38 heavy (non-hydrogen) atoms. The molecule has 196 valence electrons. The Balaban J connectivity index is 1.48. The van der Waals surface area contributed by atoms with Gasteiger partial charge in [0.25, 0.3) is 5.91 Å². The molecule has 2 aromatic heterocycles. The smallest absolute Gasteiger partial charge is 0.406 e. The van der Waals surface area contributed by atoms with Crippen LogP contribution in [0.4, 0.5) is 13.2 Å². The first-order valence-electron chi connectivity index (χ1n) is 11.6. The molecule has 4 rings (SSSR count). The maximum Gasteiger partial charge on any atom is 0.573 e. The van der Waals surface area contributed by atoms with E-state index in [-0.39, 0.29) is 11.7 Å². The van der Waals surface area contributed by atoms with Crippen LogP contribution in [0.5, 0.6) is 5.75 Å². The zero-order chi connectivity index (χ0) is 27.0. The van der Waals surface area contributed by atoms with Gasteiger partial charge in [0.05, 0.1) is 11.9 Å². The Morgan fingerprint density at radius 1 is 1.16 bits per heavy atom. The minimum Gasteiger partial charge on any atom is -0.406 e. The van der Waals surface area contributed by atoms with E-state index in [1.54, 1.807) is 23.0 Å². The minimum absolute atomic E-state index is 0.213. The van der Waals surface area contributed by atoms with Gasteiger partial charge in [0.1, 0.15) is 5.75 Å². The van der Waals surface area contributed by atoms with Crippen LogP contribution in [-0.4, -0.2) is 38.8 Å². The lowest BCUT2D eigenvalue weighted by Gasteiger charge is -2.09. The number of ether oxygens (including phenoxy) is 1. The van der Waals surface area contributed by atoms with Gasteiger partial charge < -0.3 is 10.1 Å². The number of hydrogen-bond acceptors (Lipinski definition) is 5. The monoisotopic (exact) mass is 539 g/mol. The second-order valence-electron chi connectivity index (χ2n) is 8.27. The molecule has 11 heteroatoms. The van der Waals surface area contributed by atoms with Gasteiger partial charge in [0, 0.05) is 53.3 Å². The molecule has 0 atom stereocenters. The van der Waals surface area contributed by atoms with Gasteiger partial charge in [-0.25, -0.2) is 0 Å². The van der Waals surface area contributed by atoms with E-state index in [1.165, 1.54) is 36.0 Å². The third-order valence-corrected chi connectivity index (χ3v) is 6.41. The number of aromatic amines is 1. The summed E-state index contributed by atoms with van der Waals surface area (Å²) in [7, 11) is 1.85. The van der Waals surface area contributed by atoms with Crippen LogP contribution in [0, 0.1) is 11.8 Å². The van der Waals surface area contributed by atoms with Crippen LogP contribution in [0.3, 0.4) is 0 Å². The van der Waals surface area contributed by atoms with Crippen LogP contribution in [0.1, 0.15) is 39.2 Å². The fourth-order valence-corrected chi connectivity index (χ4v) is 4.36. The van der Waals surface area contributed by atoms with Crippen LogP contribution in [0.25, 0.3) is 0 Å². The summed E-state index contributed by atoms with van der Waals surface area (Å²) in [5.41, 5.74) is 3.58. The highest BCUT2D eigenvalue weighted by atomic mass is 32.2. The van der Waals surface area contributed by atoms with E-state index in [0.717, 1.165) is 29.0 Å². The highest BCUT2D eigenvalue weighted by Crippen LogP contribution is 2.27. The fraction of sp³-hybridized carbons (Fsp3) is 0.222. The Morgan fingerprint density at radius 3 is 2.66 bits per heavy atom. The predicted molar refractivity (Wildman–Crippen MR) is 138 cm³/mol. The van der Waals surface area contributed by atoms with Gasteiger partial charge in [0.2, 0.25) is 0 Å². The number of aryl methyl sites for hydroxylation is 2. The summed E-state index contributed by atoms with van der Waals surface area (Å²) >= 11 is 1.53. The number of carbonyl (C=O) groups is 1. The summed E-state index contributed by atoms with van der Waals surface area (Å²) in [5.74, 6) is 6.12. The van der Waals surface area contributed by atoms with Gasteiger partial charge in [0.15, 0.2) is 0 Å². The number of nitrogens with one attached hydrogen (secondary N) is 2. The minimum atomic E-state index is -4.76. The number of benzene rings is 2. The SMILES string of the molecule is Cn1ccc(CSc2ccc(C(=O)NCCCc3cn[nH]c3)cc2C#Cc2ccc(OC(F)(F)F)cc2)n1. The molecule has 0 saturated carbocycles. The summed E-state index contributed by atoms with van der Waals surface area (Å²) in [4.78, 5) is 13.6. The average Bonchev–Trinajstić information content (AvgIpc) is 3.56. The molecular weight excluding hydrogens is 515 g/mol. The molecule has 4 aromatic rings. The number of carbonyl (C=O) groups excluding carboxylic acids is 1. The molecule has 0 radical (unpaired) electrons. The van der Waals surface area contributed by atoms with E-state index >= 15 is 0 Å². The van der Waals surface area contributed by atoms with Crippen LogP contribution in [0.15, 0.2) is 72.0 Å². The normalized spacial score (nSPS) is 11.1. The van der Waals surface area contributed by atoms with Crippen LogP contribution in [-0.2, 0) is 19.2 Å². The number of aromatic nitrogens is 4. The molecule has 7 nitrogen and oxygen atoms in total. The molecule has 0 aliphatic heterocycles. The second kappa shape index (κ2) is 12.4. The van der Waals surface area contributed by atoms with Gasteiger partial charge in [-0.1, -0.05) is 11.8 Å². The van der Waals surface area contributed by atoms with Gasteiger partial charge in [-0.2, -0.15) is 10.2 Å². The molecule has 0 aliphatic rings. The summed E-state index contributed by atoms with van der Waals surface area (Å²) in [5, 5.41) is 14.0. The number of rotatable bonds is 9. The second-order valence-corrected chi connectivity index (χ2v) is 9.29. The summed E-state index contributed by atoms with van der Waals surface area (Å²) in [6, 6.07) is 12.6. The van der Waals surface area contributed by atoms with E-state index in [2.05, 4.69) is 37.2 Å². The Bertz CT molecular complexity index is 1420. The quantitative estimate of drug-likeness (QED) is 0.176. The van der Waals surface area contributed by atoms with Crippen molar-refractivity contribution in [2.45, 2.75) is 29.9 Å². The maximum absolute atomic E-state index is 12.8. The first-order valence-corrected chi connectivity index (χ1v) is 12.6. The van der Waals surface area contributed by atoms with Crippen molar-refractivity contribution in [2.24, 2.45) is 7.05 Å². The molecule has 2 aromatic carbocycles. The van der Waals surface area contributed by atoms with E-state index in [4.69, 9.17) is 0 Å². The molecule has 2 N–H and O–H groups in total. The van der Waals surface area contributed by atoms with Crippen molar-refractivity contribution in [1.29, 1.82) is 0 Å². The molecule has 0 unspecified atom stereocenters. The van der Waals surface area contributed by atoms with Crippen molar-refractivity contribution in [3.05, 3.63) is 95.1 Å². The third-order valence-electron chi connectivity index (χ3n) is 5.30. The third kappa shape index (κ3) is 8.18. The highest BCUT2D eigenvalue weighted by molar-refractivity contribution is 7.98. The zero-order valence-electron chi connectivity index (χ0n) is 20.4. The number of amides is 1. The Kier molecular flexibility index (Phi) is 8.76. The molecule has 0 fully saturated rings. The summed E-state index contributed by atoms with van der Waals surface area (Å²) in [6.07, 6.45) is 2.25. The number of nitrogens with zero attached hydrogens (tertiary/aromatic N) is 3. The largest absolute Gasteiger partial charge is 0.573 e. The first kappa shape index (κ1) is 26.9. The number of alkyl halides is 3. The topological polar surface area (TPSA) is 84.8 Å². The van der Waals surface area contributed by atoms with Crippen LogP contribution < -0.4 is 10.1 Å². The van der Waals surface area contributed by atoms with Gasteiger partial charge in [-0.15, -0.1) is 24.9 Å². The van der Waals surface area contributed by atoms with Crippen molar-refractivity contribution in [3.8, 4) is 17.6 Å². The molecule has 0 saturated heterocycles. The zero-order valence-corrected chi connectivity index (χ0v) is 21.2. The number of hydrogen-bond donors (Lipinski definition) is 2.